The van der Waals surface area contributed by atoms with Crippen molar-refractivity contribution in [3.63, 3.8) is 0 Å². The van der Waals surface area contributed by atoms with Gasteiger partial charge < -0.3 is 47.8 Å². The first-order valence-corrected chi connectivity index (χ1v) is 1.02. The Morgan fingerprint density at radius 2 is 1.12 bits per heavy atom. The molecule has 0 saturated heterocycles. The molecule has 0 unspecified atom stereocenters. The standard InChI is InChI=1S/C2H6O.3ClH.Gd.H2O/c1-2-3;;;;;/h3H,2H2,1H3;3*1H;;1H2/q;;;;+3;/p-3. The van der Waals surface area contributed by atoms with Crippen molar-refractivity contribution in [3.8, 4) is 0 Å². The molecule has 1 radical (unpaired) electrons. The Kier molecular flexibility index (Phi) is 384. The van der Waals surface area contributed by atoms with E-state index >= 15 is 0 Å². The zero-order valence-electron chi connectivity index (χ0n) is 4.14. The summed E-state index contributed by atoms with van der Waals surface area (Å²) in [5, 5.41) is 7.57. The van der Waals surface area contributed by atoms with E-state index in [2.05, 4.69) is 0 Å². The summed E-state index contributed by atoms with van der Waals surface area (Å²) in [6.07, 6.45) is 0. The smallest absolute Gasteiger partial charge is 1.00 e. The van der Waals surface area contributed by atoms with E-state index in [9.17, 15) is 0 Å². The molecule has 0 heterocycles. The van der Waals surface area contributed by atoms with Crippen LogP contribution in [0.4, 0.5) is 0 Å². The van der Waals surface area contributed by atoms with Crippen LogP contribution in [0.2, 0.25) is 0 Å². The summed E-state index contributed by atoms with van der Waals surface area (Å²) in [6, 6.07) is 0. The van der Waals surface area contributed by atoms with Crippen LogP contribution in [0, 0.1) is 39.9 Å². The minimum absolute atomic E-state index is 0. The van der Waals surface area contributed by atoms with E-state index in [0.29, 0.717) is 0 Å². The van der Waals surface area contributed by atoms with Crippen LogP contribution < -0.4 is 37.2 Å². The van der Waals surface area contributed by atoms with Gasteiger partial charge in [-0.25, -0.2) is 0 Å². The minimum atomic E-state index is 0. The van der Waals surface area contributed by atoms with Crippen LogP contribution in [-0.4, -0.2) is 17.2 Å². The second kappa shape index (κ2) is 61.9. The third kappa shape index (κ3) is 91.9. The summed E-state index contributed by atoms with van der Waals surface area (Å²) >= 11 is 0. The summed E-state index contributed by atoms with van der Waals surface area (Å²) in [7, 11) is 0. The Morgan fingerprint density at radius 3 is 1.12 bits per heavy atom. The first kappa shape index (κ1) is 49.6. The van der Waals surface area contributed by atoms with Crippen molar-refractivity contribution in [3.05, 3.63) is 0 Å². The van der Waals surface area contributed by atoms with Gasteiger partial charge in [0, 0.05) is 6.61 Å². The topological polar surface area (TPSA) is 51.7 Å². The van der Waals surface area contributed by atoms with E-state index in [4.69, 9.17) is 5.11 Å². The van der Waals surface area contributed by atoms with Crippen molar-refractivity contribution in [2.45, 2.75) is 6.92 Å². The number of hydrogen-bond acceptors (Lipinski definition) is 1. The van der Waals surface area contributed by atoms with Crippen LogP contribution in [0.1, 0.15) is 6.92 Å². The fraction of sp³-hybridized carbons (Fsp3) is 1.00. The molecule has 0 aliphatic rings. The quantitative estimate of drug-likeness (QED) is 0.472. The number of aliphatic hydroxyl groups is 1. The summed E-state index contributed by atoms with van der Waals surface area (Å²) < 4.78 is 0. The summed E-state index contributed by atoms with van der Waals surface area (Å²) in [5.74, 6) is 0. The van der Waals surface area contributed by atoms with Crippen molar-refractivity contribution >= 4 is 0 Å². The second-order valence-electron chi connectivity index (χ2n) is 0.316. The molecule has 3 N–H and O–H groups in total. The predicted molar refractivity (Wildman–Crippen MR) is 16.4 cm³/mol. The van der Waals surface area contributed by atoms with Crippen molar-refractivity contribution in [2.24, 2.45) is 0 Å². The molecule has 0 fully saturated rings. The minimum Gasteiger partial charge on any atom is -1.00 e. The molecule has 0 spiro atoms. The maximum Gasteiger partial charge on any atom is 3.00 e. The third-order valence-corrected chi connectivity index (χ3v) is 0. The molecular weight excluding hydrogens is 320 g/mol. The molecule has 0 bridgehead atoms. The fourth-order valence-electron chi connectivity index (χ4n) is 0. The molecule has 8 heavy (non-hydrogen) atoms. The summed E-state index contributed by atoms with van der Waals surface area (Å²) in [6.45, 7) is 1.93. The SMILES string of the molecule is CCO.O.[Cl-].[Cl-].[Cl-].[Gd+3]. The Balaban J connectivity index is -0.00000000200. The molecule has 0 aliphatic carbocycles. The van der Waals surface area contributed by atoms with Gasteiger partial charge in [0.2, 0.25) is 0 Å². The number of hydrogen-bond donors (Lipinski definition) is 1. The van der Waals surface area contributed by atoms with Gasteiger partial charge in [-0.2, -0.15) is 0 Å². The number of halogens is 3. The molecule has 0 aromatic carbocycles. The predicted octanol–water partition coefficient (Wildman–Crippen LogP) is -9.81. The molecule has 0 aromatic rings. The Hall–Kier alpha value is 2.11. The molecule has 0 amide bonds. The van der Waals surface area contributed by atoms with Crippen LogP contribution in [0.3, 0.4) is 0 Å². The van der Waals surface area contributed by atoms with Crippen LogP contribution in [0.25, 0.3) is 0 Å². The van der Waals surface area contributed by atoms with Crippen molar-refractivity contribution in [2.75, 3.05) is 6.61 Å². The maximum absolute atomic E-state index is 7.57. The van der Waals surface area contributed by atoms with Gasteiger partial charge in [0.15, 0.2) is 0 Å². The zero-order chi connectivity index (χ0) is 2.71. The van der Waals surface area contributed by atoms with E-state index in [1.54, 1.807) is 6.92 Å². The number of aliphatic hydroxyl groups excluding tert-OH is 1. The van der Waals surface area contributed by atoms with E-state index in [1.165, 1.54) is 0 Å². The van der Waals surface area contributed by atoms with Crippen molar-refractivity contribution < 1.29 is 87.7 Å². The van der Waals surface area contributed by atoms with E-state index in [-0.39, 0.29) is 89.2 Å². The van der Waals surface area contributed by atoms with Crippen molar-refractivity contribution in [1.29, 1.82) is 0 Å². The van der Waals surface area contributed by atoms with E-state index in [0.717, 1.165) is 0 Å². The normalized spacial score (nSPS) is 2.25. The van der Waals surface area contributed by atoms with Gasteiger partial charge in [-0.15, -0.1) is 0 Å². The first-order valence-electron chi connectivity index (χ1n) is 1.02. The average molecular weight is 328 g/mol. The summed E-state index contributed by atoms with van der Waals surface area (Å²) in [5.41, 5.74) is 0. The first-order chi connectivity index (χ1) is 1.41. The van der Waals surface area contributed by atoms with Crippen LogP contribution in [-0.2, 0) is 0 Å². The molecular formula is C2H8Cl3GdO2. The van der Waals surface area contributed by atoms with Crippen LogP contribution in [0.15, 0.2) is 0 Å². The Morgan fingerprint density at radius 1 is 1.12 bits per heavy atom. The van der Waals surface area contributed by atoms with Gasteiger partial charge in [-0.05, 0) is 6.92 Å². The van der Waals surface area contributed by atoms with Gasteiger partial charge in [-0.3, -0.25) is 0 Å². The van der Waals surface area contributed by atoms with Gasteiger partial charge in [0.05, 0.1) is 0 Å². The molecule has 6 heteroatoms. The number of rotatable bonds is 0. The average Bonchev–Trinajstić information content (AvgIpc) is 0.918. The summed E-state index contributed by atoms with van der Waals surface area (Å²) in [4.78, 5) is 0. The Bertz CT molecular complexity index is 15.2. The Labute approximate surface area is 100 Å². The van der Waals surface area contributed by atoms with Crippen molar-refractivity contribution in [1.82, 2.24) is 0 Å². The zero-order valence-corrected chi connectivity index (χ0v) is 8.68. The van der Waals surface area contributed by atoms with E-state index < -0.39 is 0 Å². The monoisotopic (exact) mass is 327 g/mol. The van der Waals surface area contributed by atoms with Gasteiger partial charge in [0.1, 0.15) is 0 Å². The van der Waals surface area contributed by atoms with Crippen LogP contribution >= 0.6 is 0 Å². The maximum atomic E-state index is 7.57. The third-order valence-electron chi connectivity index (χ3n) is 0. The van der Waals surface area contributed by atoms with Gasteiger partial charge in [-0.1, -0.05) is 0 Å². The fourth-order valence-corrected chi connectivity index (χ4v) is 0. The molecule has 0 aromatic heterocycles. The largest absolute Gasteiger partial charge is 3.00 e. The second-order valence-corrected chi connectivity index (χ2v) is 0.316. The molecule has 0 aliphatic heterocycles. The molecule has 2 nitrogen and oxygen atoms in total. The molecule has 0 saturated carbocycles. The molecule has 0 atom stereocenters. The van der Waals surface area contributed by atoms with Gasteiger partial charge >= 0.3 is 39.9 Å². The molecule has 57 valence electrons. The molecule has 0 rings (SSSR count). The van der Waals surface area contributed by atoms with Gasteiger partial charge in [0.25, 0.3) is 0 Å². The van der Waals surface area contributed by atoms with Crippen LogP contribution in [0.5, 0.6) is 0 Å². The van der Waals surface area contributed by atoms with E-state index in [1.807, 2.05) is 0 Å².